The second-order valence-corrected chi connectivity index (χ2v) is 13.5. The molecule has 2 amide bonds. The van der Waals surface area contributed by atoms with Crippen molar-refractivity contribution < 1.29 is 24.2 Å². The van der Waals surface area contributed by atoms with E-state index in [2.05, 4.69) is 47.8 Å². The van der Waals surface area contributed by atoms with Crippen LogP contribution in [-0.2, 0) is 14.3 Å². The SMILES string of the molecule is CCC/C(=C\c1cc(I)c(O)c(OC)c1)CC[C@H]1OC[C@H]2C1=C(CC)C[C@H]1C(=O)N(c3ccc(Nc4ccccc4)cc3)C(=O)[C@H]12. The third kappa shape index (κ3) is 6.34. The molecule has 2 fully saturated rings. The molecule has 8 heteroatoms. The zero-order chi connectivity index (χ0) is 32.4. The highest BCUT2D eigenvalue weighted by molar-refractivity contribution is 14.1. The van der Waals surface area contributed by atoms with Gasteiger partial charge in [0.15, 0.2) is 11.5 Å². The van der Waals surface area contributed by atoms with E-state index in [0.29, 0.717) is 24.5 Å². The first-order valence-electron chi connectivity index (χ1n) is 16.2. The van der Waals surface area contributed by atoms with Crippen molar-refractivity contribution >= 4 is 57.5 Å². The van der Waals surface area contributed by atoms with Crippen LogP contribution < -0.4 is 15.0 Å². The van der Waals surface area contributed by atoms with Gasteiger partial charge in [0.05, 0.1) is 40.9 Å². The van der Waals surface area contributed by atoms with E-state index in [1.807, 2.05) is 66.7 Å². The third-order valence-electron chi connectivity index (χ3n) is 9.56. The Morgan fingerprint density at radius 2 is 1.76 bits per heavy atom. The number of carbonyl (C=O) groups excluding carboxylic acids is 2. The Morgan fingerprint density at radius 3 is 2.46 bits per heavy atom. The van der Waals surface area contributed by atoms with Crippen molar-refractivity contribution in [1.82, 2.24) is 0 Å². The Kier molecular flexibility index (Phi) is 9.84. The first kappa shape index (κ1) is 32.3. The first-order valence-corrected chi connectivity index (χ1v) is 17.3. The molecule has 6 rings (SSSR count). The number of nitrogens with one attached hydrogen (secondary N) is 1. The number of hydrogen-bond donors (Lipinski definition) is 2. The number of benzene rings is 3. The summed E-state index contributed by atoms with van der Waals surface area (Å²) < 4.78 is 12.6. The van der Waals surface area contributed by atoms with Gasteiger partial charge in [0, 0.05) is 17.3 Å². The number of para-hydroxylation sites is 1. The molecule has 0 spiro atoms. The number of hydrogen-bond acceptors (Lipinski definition) is 6. The van der Waals surface area contributed by atoms with Gasteiger partial charge in [-0.2, -0.15) is 0 Å². The summed E-state index contributed by atoms with van der Waals surface area (Å²) >= 11 is 2.13. The van der Waals surface area contributed by atoms with Gasteiger partial charge in [-0.25, -0.2) is 0 Å². The molecule has 4 atom stereocenters. The predicted octanol–water partition coefficient (Wildman–Crippen LogP) is 8.64. The summed E-state index contributed by atoms with van der Waals surface area (Å²) in [4.78, 5) is 29.2. The molecule has 0 radical (unpaired) electrons. The van der Waals surface area contributed by atoms with Crippen LogP contribution in [0, 0.1) is 21.3 Å². The van der Waals surface area contributed by atoms with Gasteiger partial charge in [0.25, 0.3) is 0 Å². The highest BCUT2D eigenvalue weighted by Crippen LogP contribution is 2.51. The van der Waals surface area contributed by atoms with Gasteiger partial charge in [-0.15, -0.1) is 0 Å². The van der Waals surface area contributed by atoms with E-state index in [9.17, 15) is 14.7 Å². The summed E-state index contributed by atoms with van der Waals surface area (Å²) in [5.41, 5.74) is 7.33. The maximum Gasteiger partial charge on any atom is 0.238 e. The minimum Gasteiger partial charge on any atom is -0.504 e. The van der Waals surface area contributed by atoms with Crippen LogP contribution in [0.1, 0.15) is 57.9 Å². The molecule has 3 aliphatic rings. The van der Waals surface area contributed by atoms with E-state index < -0.39 is 0 Å². The van der Waals surface area contributed by atoms with Crippen LogP contribution in [0.15, 0.2) is 83.4 Å². The molecule has 7 nitrogen and oxygen atoms in total. The number of fused-ring (bicyclic) bond motifs is 3. The van der Waals surface area contributed by atoms with E-state index >= 15 is 0 Å². The van der Waals surface area contributed by atoms with Gasteiger partial charge in [0.1, 0.15) is 0 Å². The molecule has 2 saturated heterocycles. The van der Waals surface area contributed by atoms with Crippen LogP contribution in [0.4, 0.5) is 17.1 Å². The fraction of sp³-hybridized carbons (Fsp3) is 0.368. The Hall–Kier alpha value is -3.63. The molecule has 2 heterocycles. The Morgan fingerprint density at radius 1 is 1.02 bits per heavy atom. The first-order chi connectivity index (χ1) is 22.3. The summed E-state index contributed by atoms with van der Waals surface area (Å²) in [6.07, 6.45) is 7.27. The molecule has 0 bridgehead atoms. The zero-order valence-electron chi connectivity index (χ0n) is 26.6. The molecule has 2 N–H and O–H groups in total. The van der Waals surface area contributed by atoms with E-state index in [1.54, 1.807) is 7.11 Å². The molecule has 0 saturated carbocycles. The van der Waals surface area contributed by atoms with Crippen molar-refractivity contribution in [3.05, 3.63) is 92.6 Å². The number of phenolic OH excluding ortho intramolecular Hbond substituents is 1. The van der Waals surface area contributed by atoms with Gasteiger partial charge in [0.2, 0.25) is 11.8 Å². The van der Waals surface area contributed by atoms with Crippen molar-refractivity contribution in [1.29, 1.82) is 0 Å². The van der Waals surface area contributed by atoms with E-state index in [-0.39, 0.29) is 41.4 Å². The summed E-state index contributed by atoms with van der Waals surface area (Å²) in [5.74, 6) is -0.378. The molecule has 0 aromatic heterocycles. The normalized spacial score (nSPS) is 22.7. The van der Waals surface area contributed by atoms with E-state index in [1.165, 1.54) is 21.6 Å². The lowest BCUT2D eigenvalue weighted by atomic mass is 9.69. The zero-order valence-corrected chi connectivity index (χ0v) is 28.8. The lowest BCUT2D eigenvalue weighted by molar-refractivity contribution is -0.122. The molecule has 46 heavy (non-hydrogen) atoms. The number of methoxy groups -OCH3 is 1. The number of ether oxygens (including phenoxy) is 2. The average Bonchev–Trinajstić information content (AvgIpc) is 3.60. The van der Waals surface area contributed by atoms with Crippen LogP contribution >= 0.6 is 22.6 Å². The largest absolute Gasteiger partial charge is 0.504 e. The molecular formula is C38H41IN2O5. The summed E-state index contributed by atoms with van der Waals surface area (Å²) in [5, 5.41) is 13.6. The summed E-state index contributed by atoms with van der Waals surface area (Å²) in [6, 6.07) is 21.3. The van der Waals surface area contributed by atoms with Crippen molar-refractivity contribution in [3.8, 4) is 11.5 Å². The molecule has 2 aliphatic heterocycles. The number of aromatic hydroxyl groups is 1. The van der Waals surface area contributed by atoms with Crippen molar-refractivity contribution in [3.63, 3.8) is 0 Å². The number of rotatable bonds is 11. The number of imide groups is 1. The Labute approximate surface area is 284 Å². The van der Waals surface area contributed by atoms with Gasteiger partial charge in [-0.1, -0.05) is 55.7 Å². The number of allylic oxidation sites excluding steroid dienone is 2. The summed E-state index contributed by atoms with van der Waals surface area (Å²) in [7, 11) is 1.56. The van der Waals surface area contributed by atoms with E-state index in [4.69, 9.17) is 9.47 Å². The number of anilines is 3. The van der Waals surface area contributed by atoms with Crippen LogP contribution in [-0.4, -0.2) is 36.7 Å². The molecule has 240 valence electrons. The van der Waals surface area contributed by atoms with Gasteiger partial charge < -0.3 is 19.9 Å². The maximum atomic E-state index is 14.0. The van der Waals surface area contributed by atoms with Crippen LogP contribution in [0.2, 0.25) is 0 Å². The topological polar surface area (TPSA) is 88.1 Å². The molecule has 0 unspecified atom stereocenters. The van der Waals surface area contributed by atoms with Gasteiger partial charge >= 0.3 is 0 Å². The second kappa shape index (κ2) is 14.0. The highest BCUT2D eigenvalue weighted by atomic mass is 127. The standard InChI is InChI=1S/C38H41IN2O5/c1-4-9-23(18-24-19-31(39)36(42)33(20-24)45-3)12-17-32-34-25(5-2)21-29-35(30(34)22-46-32)38(44)41(37(29)43)28-15-13-27(14-16-28)40-26-10-7-6-8-11-26/h6-8,10-11,13-16,18-20,29-30,32,35,40,42H,4-5,9,12,17,21-22H2,1-3H3/b23-18+/t29-,30+,32-,35-/m1/s1. The lowest BCUT2D eigenvalue weighted by Gasteiger charge is -2.31. The average molecular weight is 733 g/mol. The smallest absolute Gasteiger partial charge is 0.238 e. The van der Waals surface area contributed by atoms with Crippen molar-refractivity contribution in [2.24, 2.45) is 17.8 Å². The minimum atomic E-state index is -0.387. The van der Waals surface area contributed by atoms with Crippen LogP contribution in [0.5, 0.6) is 11.5 Å². The molecular weight excluding hydrogens is 691 g/mol. The second-order valence-electron chi connectivity index (χ2n) is 12.4. The fourth-order valence-electron chi connectivity index (χ4n) is 7.42. The van der Waals surface area contributed by atoms with E-state index in [0.717, 1.165) is 52.6 Å². The number of nitrogens with zero attached hydrogens (tertiary/aromatic N) is 1. The quantitative estimate of drug-likeness (QED) is 0.117. The van der Waals surface area contributed by atoms with Gasteiger partial charge in [-0.3, -0.25) is 14.5 Å². The molecule has 3 aromatic rings. The van der Waals surface area contributed by atoms with Crippen molar-refractivity contribution in [2.45, 2.75) is 58.5 Å². The monoisotopic (exact) mass is 732 g/mol. The van der Waals surface area contributed by atoms with Crippen LogP contribution in [0.3, 0.4) is 0 Å². The Balaban J connectivity index is 1.18. The Bertz CT molecular complexity index is 1670. The molecule has 1 aliphatic carbocycles. The molecule has 3 aromatic carbocycles. The fourth-order valence-corrected chi connectivity index (χ4v) is 8.05. The predicted molar refractivity (Wildman–Crippen MR) is 190 cm³/mol. The van der Waals surface area contributed by atoms with Gasteiger partial charge in [-0.05, 0) is 114 Å². The van der Waals surface area contributed by atoms with Crippen LogP contribution in [0.25, 0.3) is 6.08 Å². The van der Waals surface area contributed by atoms with Crippen molar-refractivity contribution in [2.75, 3.05) is 23.9 Å². The third-order valence-corrected chi connectivity index (χ3v) is 10.4. The summed E-state index contributed by atoms with van der Waals surface area (Å²) in [6.45, 7) is 4.80. The maximum absolute atomic E-state index is 14.0. The number of amides is 2. The number of phenols is 1. The number of halogens is 1. The highest BCUT2D eigenvalue weighted by Gasteiger charge is 2.57. The minimum absolute atomic E-state index is 0.0593. The lowest BCUT2D eigenvalue weighted by Crippen LogP contribution is -2.34. The number of carbonyl (C=O) groups is 2.